The van der Waals surface area contributed by atoms with Gasteiger partial charge in [-0.05, 0) is 7.05 Å². The molecule has 70 valence electrons. The van der Waals surface area contributed by atoms with E-state index < -0.39 is 11.9 Å². The average Bonchev–Trinajstić information content (AvgIpc) is 2.01. The lowest BCUT2D eigenvalue weighted by molar-refractivity contribution is -0.147. The number of rotatable bonds is 6. The largest absolute Gasteiger partial charge is 0.481 e. The Balaban J connectivity index is 3.28. The van der Waals surface area contributed by atoms with Crippen molar-refractivity contribution in [1.82, 2.24) is 5.32 Å². The first kappa shape index (κ1) is 10.9. The molecule has 0 atom stereocenters. The molecular weight excluding hydrogens is 162 g/mol. The summed E-state index contributed by atoms with van der Waals surface area (Å²) in [6.07, 6.45) is -0.225. The van der Waals surface area contributed by atoms with Gasteiger partial charge in [0.05, 0.1) is 12.8 Å². The summed E-state index contributed by atoms with van der Waals surface area (Å²) in [4.78, 5) is 20.7. The highest BCUT2D eigenvalue weighted by Crippen LogP contribution is 1.91. The molecule has 0 saturated heterocycles. The summed E-state index contributed by atoms with van der Waals surface area (Å²) in [5, 5.41) is 11.0. The number of hydrogen-bond donors (Lipinski definition) is 2. The lowest BCUT2D eigenvalue weighted by atomic mass is 10.3. The number of hydrogen-bond acceptors (Lipinski definition) is 4. The van der Waals surface area contributed by atoms with Crippen molar-refractivity contribution in [3.8, 4) is 0 Å². The van der Waals surface area contributed by atoms with E-state index in [1.54, 1.807) is 7.05 Å². The molecule has 12 heavy (non-hydrogen) atoms. The fraction of sp³-hybridized carbons (Fsp3) is 0.714. The van der Waals surface area contributed by atoms with Crippen LogP contribution >= 0.6 is 0 Å². The number of likely N-dealkylation sites (N-methyl/N-ethyl adjacent to an activating group) is 1. The van der Waals surface area contributed by atoms with E-state index in [1.807, 2.05) is 0 Å². The smallest absolute Gasteiger partial charge is 0.306 e. The molecule has 0 saturated carbocycles. The van der Waals surface area contributed by atoms with Gasteiger partial charge in [-0.15, -0.1) is 0 Å². The molecular formula is C7H13NO4. The van der Waals surface area contributed by atoms with Crippen LogP contribution in [0.25, 0.3) is 0 Å². The van der Waals surface area contributed by atoms with E-state index in [2.05, 4.69) is 10.1 Å². The molecule has 0 aliphatic carbocycles. The lowest BCUT2D eigenvalue weighted by Crippen LogP contribution is -2.17. The van der Waals surface area contributed by atoms with E-state index in [1.165, 1.54) is 0 Å². The van der Waals surface area contributed by atoms with E-state index in [0.717, 1.165) is 0 Å². The zero-order valence-corrected chi connectivity index (χ0v) is 7.00. The van der Waals surface area contributed by atoms with E-state index in [9.17, 15) is 9.59 Å². The molecule has 0 aliphatic rings. The molecule has 0 aromatic heterocycles. The maximum Gasteiger partial charge on any atom is 0.306 e. The minimum absolute atomic E-state index is 0.0565. The summed E-state index contributed by atoms with van der Waals surface area (Å²) >= 11 is 0. The van der Waals surface area contributed by atoms with E-state index >= 15 is 0 Å². The minimum Gasteiger partial charge on any atom is -0.481 e. The second-order valence-electron chi connectivity index (χ2n) is 2.22. The van der Waals surface area contributed by atoms with Crippen molar-refractivity contribution >= 4 is 11.9 Å². The highest BCUT2D eigenvalue weighted by atomic mass is 16.5. The van der Waals surface area contributed by atoms with Gasteiger partial charge in [-0.1, -0.05) is 0 Å². The summed E-state index contributed by atoms with van der Waals surface area (Å²) in [5.41, 5.74) is 0. The van der Waals surface area contributed by atoms with Crippen LogP contribution in [-0.2, 0) is 14.3 Å². The predicted molar refractivity (Wildman–Crippen MR) is 41.8 cm³/mol. The summed E-state index contributed by atoms with van der Waals surface area (Å²) in [6, 6.07) is 0. The van der Waals surface area contributed by atoms with Gasteiger partial charge >= 0.3 is 11.9 Å². The van der Waals surface area contributed by atoms with Crippen LogP contribution in [0.5, 0.6) is 0 Å². The summed E-state index contributed by atoms with van der Waals surface area (Å²) in [6.45, 7) is 0.869. The molecule has 0 spiro atoms. The van der Waals surface area contributed by atoms with E-state index in [4.69, 9.17) is 5.11 Å². The second kappa shape index (κ2) is 6.60. The third-order valence-corrected chi connectivity index (χ3v) is 1.16. The fourth-order valence-corrected chi connectivity index (χ4v) is 0.548. The predicted octanol–water partition coefficient (Wildman–Crippen LogP) is -0.386. The van der Waals surface area contributed by atoms with Crippen LogP contribution in [0.15, 0.2) is 0 Å². The highest BCUT2D eigenvalue weighted by molar-refractivity contribution is 5.76. The molecule has 0 aliphatic heterocycles. The molecule has 5 heteroatoms. The van der Waals surface area contributed by atoms with Gasteiger partial charge in [0.15, 0.2) is 0 Å². The Morgan fingerprint density at radius 1 is 1.42 bits per heavy atom. The molecule has 0 aromatic carbocycles. The van der Waals surface area contributed by atoms with Crippen molar-refractivity contribution in [2.45, 2.75) is 12.8 Å². The van der Waals surface area contributed by atoms with Crippen LogP contribution in [-0.4, -0.2) is 37.2 Å². The SMILES string of the molecule is CNCCOC(=O)CCC(=O)O. The van der Waals surface area contributed by atoms with Crippen molar-refractivity contribution in [3.05, 3.63) is 0 Å². The first-order chi connectivity index (χ1) is 5.66. The Labute approximate surface area is 70.7 Å². The molecule has 0 rings (SSSR count). The van der Waals surface area contributed by atoms with Crippen molar-refractivity contribution in [2.75, 3.05) is 20.2 Å². The van der Waals surface area contributed by atoms with Gasteiger partial charge in [0.2, 0.25) is 0 Å². The highest BCUT2D eigenvalue weighted by Gasteiger charge is 2.05. The van der Waals surface area contributed by atoms with Crippen LogP contribution in [0.3, 0.4) is 0 Å². The molecule has 0 aromatic rings. The first-order valence-electron chi connectivity index (χ1n) is 3.69. The lowest BCUT2D eigenvalue weighted by Gasteiger charge is -2.01. The standard InChI is InChI=1S/C7H13NO4/c1-8-4-5-12-7(11)3-2-6(9)10/h8H,2-5H2,1H3,(H,9,10). The monoisotopic (exact) mass is 175 g/mol. The Bertz CT molecular complexity index is 157. The van der Waals surface area contributed by atoms with Crippen LogP contribution < -0.4 is 5.32 Å². The molecule has 0 amide bonds. The van der Waals surface area contributed by atoms with Gasteiger partial charge in [0.25, 0.3) is 0 Å². The number of carboxylic acids is 1. The molecule has 0 unspecified atom stereocenters. The molecule has 0 radical (unpaired) electrons. The van der Waals surface area contributed by atoms with Crippen molar-refractivity contribution < 1.29 is 19.4 Å². The first-order valence-corrected chi connectivity index (χ1v) is 3.69. The Morgan fingerprint density at radius 3 is 2.58 bits per heavy atom. The number of carbonyl (C=O) groups is 2. The number of aliphatic carboxylic acids is 1. The minimum atomic E-state index is -0.986. The van der Waals surface area contributed by atoms with Crippen molar-refractivity contribution in [2.24, 2.45) is 0 Å². The third kappa shape index (κ3) is 7.01. The Morgan fingerprint density at radius 2 is 2.08 bits per heavy atom. The third-order valence-electron chi connectivity index (χ3n) is 1.16. The van der Waals surface area contributed by atoms with Gasteiger partial charge < -0.3 is 15.2 Å². The second-order valence-corrected chi connectivity index (χ2v) is 2.22. The maximum atomic E-state index is 10.7. The summed E-state index contributed by atoms with van der Waals surface area (Å²) < 4.78 is 4.67. The van der Waals surface area contributed by atoms with Crippen molar-refractivity contribution in [1.29, 1.82) is 0 Å². The molecule has 5 nitrogen and oxygen atoms in total. The van der Waals surface area contributed by atoms with Crippen molar-refractivity contribution in [3.63, 3.8) is 0 Å². The normalized spacial score (nSPS) is 9.42. The van der Waals surface area contributed by atoms with Gasteiger partial charge in [-0.3, -0.25) is 9.59 Å². The number of carboxylic acid groups (broad SMARTS) is 1. The van der Waals surface area contributed by atoms with Gasteiger partial charge in [0.1, 0.15) is 6.61 Å². The van der Waals surface area contributed by atoms with Crippen LogP contribution in [0.2, 0.25) is 0 Å². The van der Waals surface area contributed by atoms with Crippen LogP contribution in [0.4, 0.5) is 0 Å². The number of carbonyl (C=O) groups excluding carboxylic acids is 1. The number of esters is 1. The molecule has 0 fully saturated rings. The fourth-order valence-electron chi connectivity index (χ4n) is 0.548. The Hall–Kier alpha value is -1.10. The molecule has 2 N–H and O–H groups in total. The molecule has 0 heterocycles. The Kier molecular flexibility index (Phi) is 6.00. The van der Waals surface area contributed by atoms with E-state index in [-0.39, 0.29) is 19.4 Å². The number of ether oxygens (including phenoxy) is 1. The quantitative estimate of drug-likeness (QED) is 0.425. The zero-order chi connectivity index (χ0) is 9.40. The topological polar surface area (TPSA) is 75.6 Å². The van der Waals surface area contributed by atoms with Gasteiger partial charge in [0, 0.05) is 6.54 Å². The van der Waals surface area contributed by atoms with Crippen LogP contribution in [0, 0.1) is 0 Å². The van der Waals surface area contributed by atoms with E-state index in [0.29, 0.717) is 6.54 Å². The molecule has 0 bridgehead atoms. The van der Waals surface area contributed by atoms with Crippen LogP contribution in [0.1, 0.15) is 12.8 Å². The zero-order valence-electron chi connectivity index (χ0n) is 7.00. The van der Waals surface area contributed by atoms with Gasteiger partial charge in [-0.2, -0.15) is 0 Å². The summed E-state index contributed by atoms with van der Waals surface area (Å²) in [5.74, 6) is -1.45. The summed E-state index contributed by atoms with van der Waals surface area (Å²) in [7, 11) is 1.74. The maximum absolute atomic E-state index is 10.7. The average molecular weight is 175 g/mol. The number of nitrogens with one attached hydrogen (secondary N) is 1. The van der Waals surface area contributed by atoms with Gasteiger partial charge in [-0.25, -0.2) is 0 Å².